The van der Waals surface area contributed by atoms with Crippen LogP contribution in [0.2, 0.25) is 0 Å². The van der Waals surface area contributed by atoms with Gasteiger partial charge in [-0.15, -0.1) is 0 Å². The van der Waals surface area contributed by atoms with Crippen molar-refractivity contribution in [3.63, 3.8) is 0 Å². The zero-order valence-corrected chi connectivity index (χ0v) is 17.2. The Morgan fingerprint density at radius 1 is 0.966 bits per heavy atom. The van der Waals surface area contributed by atoms with Crippen LogP contribution in [0.5, 0.6) is 0 Å². The fourth-order valence-electron chi connectivity index (χ4n) is 3.87. The number of fused-ring (bicyclic) bond motifs is 1. The topological polar surface area (TPSA) is 52.7 Å². The molecular weight excluding hydrogens is 362 g/mol. The molecule has 2 aliphatic heterocycles. The molecule has 5 nitrogen and oxygen atoms in total. The Hall–Kier alpha value is -3.08. The van der Waals surface area contributed by atoms with E-state index in [1.807, 2.05) is 68.1 Å². The molecule has 0 saturated carbocycles. The highest BCUT2D eigenvalue weighted by molar-refractivity contribution is 6.34. The molecule has 1 N–H and O–H groups in total. The van der Waals surface area contributed by atoms with Gasteiger partial charge in [-0.3, -0.25) is 9.59 Å². The molecule has 0 aromatic heterocycles. The first-order valence-corrected chi connectivity index (χ1v) is 10.1. The predicted octanol–water partition coefficient (Wildman–Crippen LogP) is 3.87. The maximum Gasteiger partial charge on any atom is 0.256 e. The van der Waals surface area contributed by atoms with Crippen molar-refractivity contribution in [3.8, 4) is 0 Å². The van der Waals surface area contributed by atoms with Gasteiger partial charge in [0.25, 0.3) is 5.91 Å². The van der Waals surface area contributed by atoms with E-state index in [2.05, 4.69) is 22.3 Å². The lowest BCUT2D eigenvalue weighted by Gasteiger charge is -2.38. The SMILES string of the molecule is CC(C)(C)C(=O)N1CCN(c2ccc(/C=C3\C(=O)Nc4ccccc43)cc2)CC1. The number of hydrogen-bond acceptors (Lipinski definition) is 3. The number of hydrogen-bond donors (Lipinski definition) is 1. The lowest BCUT2D eigenvalue weighted by atomic mass is 9.94. The Bertz CT molecular complexity index is 962. The van der Waals surface area contributed by atoms with Crippen molar-refractivity contribution in [2.45, 2.75) is 20.8 Å². The first-order valence-electron chi connectivity index (χ1n) is 10.1. The molecule has 0 bridgehead atoms. The van der Waals surface area contributed by atoms with E-state index < -0.39 is 0 Å². The highest BCUT2D eigenvalue weighted by atomic mass is 16.2. The zero-order chi connectivity index (χ0) is 20.6. The summed E-state index contributed by atoms with van der Waals surface area (Å²) in [6.45, 7) is 9.07. The Morgan fingerprint density at radius 2 is 1.62 bits per heavy atom. The fraction of sp³-hybridized carbons (Fsp3) is 0.333. The van der Waals surface area contributed by atoms with Crippen LogP contribution < -0.4 is 10.2 Å². The third-order valence-corrected chi connectivity index (χ3v) is 5.49. The molecule has 2 aliphatic rings. The van der Waals surface area contributed by atoms with Crippen molar-refractivity contribution in [2.75, 3.05) is 36.4 Å². The molecule has 0 unspecified atom stereocenters. The number of amides is 2. The molecule has 0 atom stereocenters. The van der Waals surface area contributed by atoms with Crippen LogP contribution in [0.3, 0.4) is 0 Å². The van der Waals surface area contributed by atoms with Gasteiger partial charge in [0.05, 0.1) is 0 Å². The van der Waals surface area contributed by atoms with Gasteiger partial charge in [0.15, 0.2) is 0 Å². The summed E-state index contributed by atoms with van der Waals surface area (Å²) in [4.78, 5) is 29.0. The molecule has 4 rings (SSSR count). The average Bonchev–Trinajstić information content (AvgIpc) is 3.03. The van der Waals surface area contributed by atoms with Crippen LogP contribution in [-0.4, -0.2) is 42.9 Å². The summed E-state index contributed by atoms with van der Waals surface area (Å²) in [6.07, 6.45) is 1.94. The van der Waals surface area contributed by atoms with Gasteiger partial charge >= 0.3 is 0 Å². The molecule has 0 spiro atoms. The molecule has 1 saturated heterocycles. The molecule has 0 aliphatic carbocycles. The number of piperazine rings is 1. The molecule has 29 heavy (non-hydrogen) atoms. The minimum absolute atomic E-state index is 0.0603. The van der Waals surface area contributed by atoms with E-state index in [0.29, 0.717) is 5.57 Å². The van der Waals surface area contributed by atoms with E-state index in [1.165, 1.54) is 0 Å². The lowest BCUT2D eigenvalue weighted by molar-refractivity contribution is -0.139. The zero-order valence-electron chi connectivity index (χ0n) is 17.2. The first kappa shape index (κ1) is 19.2. The van der Waals surface area contributed by atoms with Gasteiger partial charge in [0.2, 0.25) is 5.91 Å². The molecule has 150 valence electrons. The first-order chi connectivity index (χ1) is 13.8. The smallest absolute Gasteiger partial charge is 0.256 e. The van der Waals surface area contributed by atoms with Crippen LogP contribution in [0.1, 0.15) is 31.9 Å². The van der Waals surface area contributed by atoms with E-state index in [9.17, 15) is 9.59 Å². The van der Waals surface area contributed by atoms with E-state index >= 15 is 0 Å². The number of carbonyl (C=O) groups is 2. The highest BCUT2D eigenvalue weighted by Crippen LogP contribution is 2.33. The number of anilines is 2. The Kier molecular flexibility index (Phi) is 4.91. The minimum atomic E-state index is -0.331. The summed E-state index contributed by atoms with van der Waals surface area (Å²) in [7, 11) is 0. The number of benzene rings is 2. The molecule has 2 aromatic rings. The monoisotopic (exact) mass is 389 g/mol. The van der Waals surface area contributed by atoms with Crippen LogP contribution in [0, 0.1) is 5.41 Å². The van der Waals surface area contributed by atoms with Gasteiger partial charge < -0.3 is 15.1 Å². The fourth-order valence-corrected chi connectivity index (χ4v) is 3.87. The minimum Gasteiger partial charge on any atom is -0.368 e. The van der Waals surface area contributed by atoms with Crippen LogP contribution in [0.15, 0.2) is 48.5 Å². The maximum absolute atomic E-state index is 12.5. The van der Waals surface area contributed by atoms with Crippen molar-refractivity contribution in [1.29, 1.82) is 0 Å². The van der Waals surface area contributed by atoms with Crippen molar-refractivity contribution >= 4 is 34.8 Å². The Balaban J connectivity index is 1.45. The van der Waals surface area contributed by atoms with Crippen molar-refractivity contribution in [2.24, 2.45) is 5.41 Å². The Labute approximate surface area is 172 Å². The normalized spacial score (nSPS) is 18.0. The summed E-state index contributed by atoms with van der Waals surface area (Å²) in [5.41, 5.74) is 4.32. The number of carbonyl (C=O) groups excluding carboxylic acids is 2. The van der Waals surface area contributed by atoms with E-state index in [4.69, 9.17) is 0 Å². The van der Waals surface area contributed by atoms with Crippen LogP contribution in [0.4, 0.5) is 11.4 Å². The standard InChI is InChI=1S/C24H27N3O2/c1-24(2,3)23(29)27-14-12-26(13-15-27)18-10-8-17(9-11-18)16-20-19-6-4-5-7-21(19)25-22(20)28/h4-11,16H,12-15H2,1-3H3,(H,25,28)/b20-16-. The molecular formula is C24H27N3O2. The van der Waals surface area contributed by atoms with E-state index in [1.54, 1.807) is 0 Å². The van der Waals surface area contributed by atoms with E-state index in [-0.39, 0.29) is 17.2 Å². The summed E-state index contributed by atoms with van der Waals surface area (Å²) in [5, 5.41) is 2.91. The third kappa shape index (κ3) is 3.90. The van der Waals surface area contributed by atoms with Crippen LogP contribution >= 0.6 is 0 Å². The third-order valence-electron chi connectivity index (χ3n) is 5.49. The molecule has 0 radical (unpaired) electrons. The molecule has 5 heteroatoms. The summed E-state index contributed by atoms with van der Waals surface area (Å²) < 4.78 is 0. The second-order valence-corrected chi connectivity index (χ2v) is 8.68. The van der Waals surface area contributed by atoms with Gasteiger partial charge in [-0.05, 0) is 29.8 Å². The second-order valence-electron chi connectivity index (χ2n) is 8.68. The van der Waals surface area contributed by atoms with Gasteiger partial charge in [0.1, 0.15) is 0 Å². The van der Waals surface area contributed by atoms with Gasteiger partial charge in [0, 0.05) is 54.1 Å². The predicted molar refractivity (Wildman–Crippen MR) is 118 cm³/mol. The second kappa shape index (κ2) is 7.39. The largest absolute Gasteiger partial charge is 0.368 e. The molecule has 2 heterocycles. The molecule has 2 aromatic carbocycles. The van der Waals surface area contributed by atoms with Crippen LogP contribution in [-0.2, 0) is 9.59 Å². The Morgan fingerprint density at radius 3 is 2.28 bits per heavy atom. The number of nitrogens with one attached hydrogen (secondary N) is 1. The van der Waals surface area contributed by atoms with Crippen molar-refractivity contribution in [3.05, 3.63) is 59.7 Å². The maximum atomic E-state index is 12.5. The van der Waals surface area contributed by atoms with Crippen molar-refractivity contribution in [1.82, 2.24) is 4.90 Å². The summed E-state index contributed by atoms with van der Waals surface area (Å²) >= 11 is 0. The van der Waals surface area contributed by atoms with Gasteiger partial charge in [-0.1, -0.05) is 51.1 Å². The molecule has 2 amide bonds. The summed E-state index contributed by atoms with van der Waals surface area (Å²) in [6, 6.07) is 16.0. The van der Waals surface area contributed by atoms with Crippen LogP contribution in [0.25, 0.3) is 11.6 Å². The molecule has 1 fully saturated rings. The number of rotatable bonds is 2. The number of para-hydroxylation sites is 1. The lowest BCUT2D eigenvalue weighted by Crippen LogP contribution is -2.51. The van der Waals surface area contributed by atoms with Gasteiger partial charge in [-0.25, -0.2) is 0 Å². The van der Waals surface area contributed by atoms with E-state index in [0.717, 1.165) is 48.7 Å². The number of nitrogens with zero attached hydrogens (tertiary/aromatic N) is 2. The summed E-state index contributed by atoms with van der Waals surface area (Å²) in [5.74, 6) is 0.157. The van der Waals surface area contributed by atoms with Gasteiger partial charge in [-0.2, -0.15) is 0 Å². The quantitative estimate of drug-likeness (QED) is 0.793. The highest BCUT2D eigenvalue weighted by Gasteiger charge is 2.29. The van der Waals surface area contributed by atoms with Crippen molar-refractivity contribution < 1.29 is 9.59 Å². The average molecular weight is 389 g/mol.